The van der Waals surface area contributed by atoms with E-state index >= 15 is 0 Å². The average molecular weight is 485 g/mol. The van der Waals surface area contributed by atoms with Gasteiger partial charge < -0.3 is 25.8 Å². The Bertz CT molecular complexity index is 1030. The van der Waals surface area contributed by atoms with Crippen molar-refractivity contribution in [1.29, 1.82) is 0 Å². The lowest BCUT2D eigenvalue weighted by Gasteiger charge is -2.22. The minimum Gasteiger partial charge on any atom is -0.369 e. The van der Waals surface area contributed by atoms with Crippen LogP contribution in [-0.4, -0.2) is 50.0 Å². The molecule has 1 saturated heterocycles. The van der Waals surface area contributed by atoms with Crippen molar-refractivity contribution in [1.82, 2.24) is 24.8 Å². The normalized spacial score (nSPS) is 15.7. The number of rotatable bonds is 7. The molecule has 1 atom stereocenters. The van der Waals surface area contributed by atoms with Gasteiger partial charge in [0.2, 0.25) is 5.95 Å². The zero-order valence-electron chi connectivity index (χ0n) is 17.2. The highest BCUT2D eigenvalue weighted by Gasteiger charge is 2.24. The maximum absolute atomic E-state index is 12.5. The highest BCUT2D eigenvalue weighted by atomic mass is 79.9. The van der Waals surface area contributed by atoms with Crippen molar-refractivity contribution >= 4 is 45.1 Å². The molecule has 0 spiro atoms. The van der Waals surface area contributed by atoms with Gasteiger partial charge in [0.15, 0.2) is 0 Å². The lowest BCUT2D eigenvalue weighted by atomic mass is 10.2. The minimum absolute atomic E-state index is 0.0644. The number of amides is 2. The number of likely N-dealkylation sites (tertiary alicyclic amines) is 1. The Hall–Kier alpha value is -3.14. The summed E-state index contributed by atoms with van der Waals surface area (Å²) in [7, 11) is 0. The van der Waals surface area contributed by atoms with Crippen molar-refractivity contribution in [2.75, 3.05) is 29.0 Å². The molecule has 4 rings (SSSR count). The summed E-state index contributed by atoms with van der Waals surface area (Å²) < 4.78 is 0.779. The third-order valence-corrected chi connectivity index (χ3v) is 5.74. The van der Waals surface area contributed by atoms with E-state index in [9.17, 15) is 4.79 Å². The van der Waals surface area contributed by atoms with Crippen LogP contribution in [0.4, 0.5) is 27.9 Å². The summed E-state index contributed by atoms with van der Waals surface area (Å²) in [5, 5.41) is 9.48. The van der Waals surface area contributed by atoms with E-state index in [4.69, 9.17) is 0 Å². The third kappa shape index (κ3) is 5.52. The van der Waals surface area contributed by atoms with Gasteiger partial charge in [0, 0.05) is 49.3 Å². The Morgan fingerprint density at radius 2 is 2.19 bits per heavy atom. The molecule has 31 heavy (non-hydrogen) atoms. The number of benzene rings is 1. The zero-order valence-corrected chi connectivity index (χ0v) is 18.8. The fraction of sp³-hybridized carbons (Fsp3) is 0.333. The molecule has 2 amide bonds. The molecule has 1 aromatic carbocycles. The Balaban J connectivity index is 1.38. The Kier molecular flexibility index (Phi) is 6.66. The fourth-order valence-corrected chi connectivity index (χ4v) is 3.85. The van der Waals surface area contributed by atoms with E-state index in [0.717, 1.165) is 47.3 Å². The molecule has 0 saturated carbocycles. The van der Waals surface area contributed by atoms with Crippen molar-refractivity contribution in [2.45, 2.75) is 32.2 Å². The monoisotopic (exact) mass is 484 g/mol. The quantitative estimate of drug-likeness (QED) is 0.396. The number of hydrogen-bond acceptors (Lipinski definition) is 6. The van der Waals surface area contributed by atoms with Gasteiger partial charge >= 0.3 is 6.03 Å². The van der Waals surface area contributed by atoms with Gasteiger partial charge in [0.05, 0.1) is 16.5 Å². The first kappa shape index (κ1) is 21.1. The van der Waals surface area contributed by atoms with E-state index in [-0.39, 0.29) is 12.1 Å². The maximum Gasteiger partial charge on any atom is 0.322 e. The number of aromatic amines is 1. The van der Waals surface area contributed by atoms with E-state index in [2.05, 4.69) is 58.7 Å². The number of imidazole rings is 1. The van der Waals surface area contributed by atoms with Gasteiger partial charge in [-0.25, -0.2) is 14.8 Å². The predicted octanol–water partition coefficient (Wildman–Crippen LogP) is 4.38. The zero-order chi connectivity index (χ0) is 21.6. The number of hydrogen-bond donors (Lipinski definition) is 4. The molecular weight excluding hydrogens is 460 g/mol. The number of halogens is 1. The smallest absolute Gasteiger partial charge is 0.322 e. The minimum atomic E-state index is -0.0644. The lowest BCUT2D eigenvalue weighted by molar-refractivity contribution is 0.210. The standard InChI is InChI=1S/C21H25BrN8O/c1-14-4-3-9-30(14)21(31)28-16-6-2-5-15(10-16)27-20-25-12-18(22)19(29-20)24-8-7-17-11-23-13-26-17/h2,5-6,10-14H,3-4,7-9H2,1H3,(H,23,26)(H,28,31)(H2,24,25,27,29). The summed E-state index contributed by atoms with van der Waals surface area (Å²) in [6.45, 7) is 3.57. The number of urea groups is 1. The second kappa shape index (κ2) is 9.78. The maximum atomic E-state index is 12.5. The number of carbonyl (C=O) groups excluding carboxylic acids is 1. The Labute approximate surface area is 189 Å². The highest BCUT2D eigenvalue weighted by molar-refractivity contribution is 9.10. The molecule has 0 aliphatic carbocycles. The number of nitrogens with one attached hydrogen (secondary N) is 4. The summed E-state index contributed by atoms with van der Waals surface area (Å²) in [4.78, 5) is 30.4. The first-order chi connectivity index (χ1) is 15.1. The fourth-order valence-electron chi connectivity index (χ4n) is 3.52. The van der Waals surface area contributed by atoms with Crippen LogP contribution in [0.5, 0.6) is 0 Å². The molecule has 1 aliphatic heterocycles. The van der Waals surface area contributed by atoms with Gasteiger partial charge in [0.25, 0.3) is 0 Å². The largest absolute Gasteiger partial charge is 0.369 e. The summed E-state index contributed by atoms with van der Waals surface area (Å²) in [6.07, 6.45) is 8.12. The van der Waals surface area contributed by atoms with Crippen LogP contribution in [0.2, 0.25) is 0 Å². The molecule has 162 valence electrons. The molecule has 9 nitrogen and oxygen atoms in total. The number of aromatic nitrogens is 4. The number of carbonyl (C=O) groups is 1. The molecule has 1 unspecified atom stereocenters. The SMILES string of the molecule is CC1CCCN1C(=O)Nc1cccc(Nc2ncc(Br)c(NCCc3c[nH]cn3)n2)c1. The van der Waals surface area contributed by atoms with Gasteiger partial charge in [-0.15, -0.1) is 0 Å². The molecule has 0 bridgehead atoms. The van der Waals surface area contributed by atoms with Crippen LogP contribution >= 0.6 is 15.9 Å². The Morgan fingerprint density at radius 3 is 2.97 bits per heavy atom. The summed E-state index contributed by atoms with van der Waals surface area (Å²) in [5.74, 6) is 1.16. The summed E-state index contributed by atoms with van der Waals surface area (Å²) in [6, 6.07) is 7.74. The van der Waals surface area contributed by atoms with Crippen molar-refractivity contribution < 1.29 is 4.79 Å². The van der Waals surface area contributed by atoms with Crippen LogP contribution < -0.4 is 16.0 Å². The second-order valence-corrected chi connectivity index (χ2v) is 8.30. The number of H-pyrrole nitrogens is 1. The molecule has 3 aromatic rings. The van der Waals surface area contributed by atoms with Gasteiger partial charge in [-0.2, -0.15) is 4.98 Å². The van der Waals surface area contributed by atoms with Crippen LogP contribution in [0.15, 0.2) is 47.5 Å². The molecular formula is C21H25BrN8O. The van der Waals surface area contributed by atoms with E-state index in [1.807, 2.05) is 35.4 Å². The first-order valence-corrected chi connectivity index (χ1v) is 11.1. The highest BCUT2D eigenvalue weighted by Crippen LogP contribution is 2.24. The van der Waals surface area contributed by atoms with Crippen LogP contribution in [0.25, 0.3) is 0 Å². The van der Waals surface area contributed by atoms with Crippen LogP contribution in [0.3, 0.4) is 0 Å². The topological polar surface area (TPSA) is 111 Å². The molecule has 10 heteroatoms. The van der Waals surface area contributed by atoms with Crippen LogP contribution in [-0.2, 0) is 6.42 Å². The van der Waals surface area contributed by atoms with Crippen molar-refractivity contribution in [3.05, 3.63) is 53.2 Å². The van der Waals surface area contributed by atoms with E-state index in [1.165, 1.54) is 0 Å². The van der Waals surface area contributed by atoms with Crippen LogP contribution in [0, 0.1) is 0 Å². The van der Waals surface area contributed by atoms with E-state index in [0.29, 0.717) is 18.3 Å². The molecule has 1 fully saturated rings. The van der Waals surface area contributed by atoms with E-state index < -0.39 is 0 Å². The predicted molar refractivity (Wildman–Crippen MR) is 125 cm³/mol. The van der Waals surface area contributed by atoms with Gasteiger partial charge in [-0.3, -0.25) is 0 Å². The summed E-state index contributed by atoms with van der Waals surface area (Å²) in [5.41, 5.74) is 2.50. The first-order valence-electron chi connectivity index (χ1n) is 10.3. The summed E-state index contributed by atoms with van der Waals surface area (Å²) >= 11 is 3.48. The average Bonchev–Trinajstić information content (AvgIpc) is 3.42. The van der Waals surface area contributed by atoms with Crippen molar-refractivity contribution in [2.24, 2.45) is 0 Å². The van der Waals surface area contributed by atoms with Gasteiger partial charge in [-0.1, -0.05) is 6.07 Å². The Morgan fingerprint density at radius 1 is 1.32 bits per heavy atom. The molecule has 4 N–H and O–H groups in total. The second-order valence-electron chi connectivity index (χ2n) is 7.45. The molecule has 1 aliphatic rings. The molecule has 0 radical (unpaired) electrons. The lowest BCUT2D eigenvalue weighted by Crippen LogP contribution is -2.37. The van der Waals surface area contributed by atoms with Crippen LogP contribution in [0.1, 0.15) is 25.5 Å². The van der Waals surface area contributed by atoms with Crippen molar-refractivity contribution in [3.8, 4) is 0 Å². The van der Waals surface area contributed by atoms with Gasteiger partial charge in [-0.05, 0) is 53.9 Å². The number of anilines is 4. The molecule has 3 heterocycles. The third-order valence-electron chi connectivity index (χ3n) is 5.16. The molecule has 2 aromatic heterocycles. The number of nitrogens with zero attached hydrogens (tertiary/aromatic N) is 4. The van der Waals surface area contributed by atoms with E-state index in [1.54, 1.807) is 12.5 Å². The van der Waals surface area contributed by atoms with Gasteiger partial charge in [0.1, 0.15) is 5.82 Å². The van der Waals surface area contributed by atoms with Crippen molar-refractivity contribution in [3.63, 3.8) is 0 Å².